The molecule has 5 heteroatoms. The van der Waals surface area contributed by atoms with Gasteiger partial charge in [-0.2, -0.15) is 5.10 Å². The van der Waals surface area contributed by atoms with Gasteiger partial charge in [0.05, 0.1) is 17.4 Å². The molecule has 5 nitrogen and oxygen atoms in total. The number of benzene rings is 1. The monoisotopic (exact) mass is 378 g/mol. The molecule has 0 saturated heterocycles. The highest BCUT2D eigenvalue weighted by Gasteiger charge is 2.33. The maximum Gasteiger partial charge on any atom is 0.267 e. The number of aromatic nitrogens is 2. The van der Waals surface area contributed by atoms with Crippen LogP contribution in [0, 0.1) is 0 Å². The van der Waals surface area contributed by atoms with Crippen LogP contribution in [0.1, 0.15) is 64.1 Å². The molecular formula is C23H30N4O. The summed E-state index contributed by atoms with van der Waals surface area (Å²) < 4.78 is 1.58. The van der Waals surface area contributed by atoms with Crippen molar-refractivity contribution in [2.75, 3.05) is 11.6 Å². The van der Waals surface area contributed by atoms with Crippen LogP contribution in [-0.2, 0) is 0 Å². The van der Waals surface area contributed by atoms with Gasteiger partial charge in [-0.05, 0) is 51.0 Å². The lowest BCUT2D eigenvalue weighted by Gasteiger charge is -2.38. The molecule has 1 fully saturated rings. The second kappa shape index (κ2) is 8.31. The van der Waals surface area contributed by atoms with Crippen molar-refractivity contribution in [2.45, 2.75) is 64.5 Å². The molecule has 2 aromatic rings. The molecule has 2 heterocycles. The van der Waals surface area contributed by atoms with Gasteiger partial charge in [-0.3, -0.25) is 9.80 Å². The van der Waals surface area contributed by atoms with Gasteiger partial charge in [0, 0.05) is 18.7 Å². The predicted molar refractivity (Wildman–Crippen MR) is 114 cm³/mol. The molecule has 0 spiro atoms. The summed E-state index contributed by atoms with van der Waals surface area (Å²) in [6, 6.07) is 14.6. The Labute approximate surface area is 167 Å². The summed E-state index contributed by atoms with van der Waals surface area (Å²) in [5.41, 5.74) is 3.03. The molecule has 1 aromatic carbocycles. The first-order chi connectivity index (χ1) is 13.6. The predicted octanol–water partition coefficient (Wildman–Crippen LogP) is 4.63. The van der Waals surface area contributed by atoms with Crippen LogP contribution in [0.25, 0.3) is 5.70 Å². The summed E-state index contributed by atoms with van der Waals surface area (Å²) in [5, 5.41) is 9.52. The summed E-state index contributed by atoms with van der Waals surface area (Å²) in [7, 11) is 0. The molecule has 148 valence electrons. The minimum Gasteiger partial charge on any atom is -0.272 e. The third kappa shape index (κ3) is 3.76. The van der Waals surface area contributed by atoms with E-state index in [2.05, 4.69) is 46.4 Å². The molecule has 1 aliphatic carbocycles. The zero-order valence-corrected chi connectivity index (χ0v) is 16.9. The molecule has 1 aliphatic heterocycles. The molecular weight excluding hydrogens is 348 g/mol. The van der Waals surface area contributed by atoms with E-state index in [1.165, 1.54) is 38.5 Å². The van der Waals surface area contributed by atoms with Gasteiger partial charge >= 0.3 is 0 Å². The van der Waals surface area contributed by atoms with Crippen LogP contribution in [0.15, 0.2) is 53.3 Å². The van der Waals surface area contributed by atoms with Crippen molar-refractivity contribution in [3.8, 4) is 0 Å². The van der Waals surface area contributed by atoms with Gasteiger partial charge in [-0.25, -0.2) is 9.69 Å². The Morgan fingerprint density at radius 3 is 2.36 bits per heavy atom. The molecule has 1 saturated carbocycles. The van der Waals surface area contributed by atoms with Crippen LogP contribution in [0.4, 0.5) is 5.69 Å². The Morgan fingerprint density at radius 2 is 1.68 bits per heavy atom. The molecule has 4 rings (SSSR count). The first-order valence-corrected chi connectivity index (χ1v) is 10.6. The summed E-state index contributed by atoms with van der Waals surface area (Å²) >= 11 is 0. The van der Waals surface area contributed by atoms with Gasteiger partial charge < -0.3 is 0 Å². The van der Waals surface area contributed by atoms with E-state index in [4.69, 9.17) is 5.10 Å². The van der Waals surface area contributed by atoms with Gasteiger partial charge in [0.15, 0.2) is 0 Å². The summed E-state index contributed by atoms with van der Waals surface area (Å²) in [5.74, 6) is 0. The Balaban J connectivity index is 1.72. The lowest BCUT2D eigenvalue weighted by Crippen LogP contribution is -2.44. The van der Waals surface area contributed by atoms with Crippen molar-refractivity contribution in [1.29, 1.82) is 0 Å². The molecule has 0 amide bonds. The zero-order valence-electron chi connectivity index (χ0n) is 16.9. The fourth-order valence-corrected chi connectivity index (χ4v) is 4.36. The number of para-hydroxylation sites is 1. The number of hydrogen-bond donors (Lipinski definition) is 0. The van der Waals surface area contributed by atoms with E-state index >= 15 is 0 Å². The molecule has 0 unspecified atom stereocenters. The quantitative estimate of drug-likeness (QED) is 0.728. The average molecular weight is 379 g/mol. The lowest BCUT2D eigenvalue weighted by molar-refractivity contribution is 0.212. The van der Waals surface area contributed by atoms with E-state index in [9.17, 15) is 4.79 Å². The number of nitrogens with zero attached hydrogens (tertiary/aromatic N) is 4. The Hall–Kier alpha value is -2.40. The average Bonchev–Trinajstić information content (AvgIpc) is 2.96. The normalized spacial score (nSPS) is 19.1. The van der Waals surface area contributed by atoms with Crippen molar-refractivity contribution in [2.24, 2.45) is 0 Å². The van der Waals surface area contributed by atoms with E-state index in [-0.39, 0.29) is 11.6 Å². The smallest absolute Gasteiger partial charge is 0.267 e. The highest BCUT2D eigenvalue weighted by atomic mass is 16.1. The van der Waals surface area contributed by atoms with Crippen LogP contribution < -0.4 is 10.6 Å². The molecule has 2 aliphatic rings. The van der Waals surface area contributed by atoms with Crippen LogP contribution in [0.3, 0.4) is 0 Å². The maximum absolute atomic E-state index is 12.2. The fourth-order valence-electron chi connectivity index (χ4n) is 4.36. The van der Waals surface area contributed by atoms with Gasteiger partial charge in [-0.1, -0.05) is 43.9 Å². The van der Waals surface area contributed by atoms with Crippen LogP contribution in [-0.4, -0.2) is 27.4 Å². The van der Waals surface area contributed by atoms with Crippen molar-refractivity contribution < 1.29 is 0 Å². The highest BCUT2D eigenvalue weighted by Crippen LogP contribution is 2.35. The topological polar surface area (TPSA) is 41.4 Å². The van der Waals surface area contributed by atoms with Crippen molar-refractivity contribution in [1.82, 2.24) is 14.8 Å². The van der Waals surface area contributed by atoms with Crippen LogP contribution >= 0.6 is 0 Å². The highest BCUT2D eigenvalue weighted by molar-refractivity contribution is 5.78. The fraction of sp³-hybridized carbons (Fsp3) is 0.478. The van der Waals surface area contributed by atoms with Gasteiger partial charge in [0.2, 0.25) is 0 Å². The van der Waals surface area contributed by atoms with Crippen molar-refractivity contribution in [3.63, 3.8) is 0 Å². The van der Waals surface area contributed by atoms with Gasteiger partial charge in [0.25, 0.3) is 5.56 Å². The second-order valence-electron chi connectivity index (χ2n) is 8.10. The number of hydrogen-bond acceptors (Lipinski definition) is 4. The summed E-state index contributed by atoms with van der Waals surface area (Å²) in [6.07, 6.45) is 10.0. The number of rotatable bonds is 4. The number of anilines is 1. The molecule has 0 radical (unpaired) electrons. The lowest BCUT2D eigenvalue weighted by atomic mass is 10.1. The van der Waals surface area contributed by atoms with Crippen LogP contribution in [0.5, 0.6) is 0 Å². The van der Waals surface area contributed by atoms with Crippen molar-refractivity contribution in [3.05, 3.63) is 64.6 Å². The van der Waals surface area contributed by atoms with E-state index in [1.54, 1.807) is 10.7 Å². The third-order valence-electron chi connectivity index (χ3n) is 5.78. The first kappa shape index (κ1) is 18.9. The molecule has 1 aromatic heterocycles. The summed E-state index contributed by atoms with van der Waals surface area (Å²) in [4.78, 5) is 12.2. The zero-order chi connectivity index (χ0) is 19.5. The standard InChI is InChI=1S/C23H30N4O/c1-18(2)26-23(28)15-14-21(24-26)22-16-17-25(19-10-6-3-4-7-11-19)27(22)20-12-8-5-9-13-20/h5,8-9,12-16,18-19H,3-4,6-7,10-11,17H2,1-2H3. The molecule has 0 N–H and O–H groups in total. The third-order valence-corrected chi connectivity index (χ3v) is 5.78. The first-order valence-electron chi connectivity index (χ1n) is 10.6. The molecule has 0 atom stereocenters. The van der Waals surface area contributed by atoms with Crippen molar-refractivity contribution >= 4 is 11.4 Å². The van der Waals surface area contributed by atoms with E-state index < -0.39 is 0 Å². The molecule has 0 bridgehead atoms. The Morgan fingerprint density at radius 1 is 0.964 bits per heavy atom. The van der Waals surface area contributed by atoms with E-state index in [1.807, 2.05) is 19.9 Å². The van der Waals surface area contributed by atoms with Gasteiger partial charge in [0.1, 0.15) is 5.69 Å². The van der Waals surface area contributed by atoms with E-state index in [0.29, 0.717) is 6.04 Å². The molecule has 28 heavy (non-hydrogen) atoms. The SMILES string of the molecule is CC(C)n1nc(C2=CCN(C3CCCCCC3)N2c2ccccc2)ccc1=O. The Kier molecular flexibility index (Phi) is 5.62. The largest absolute Gasteiger partial charge is 0.272 e. The second-order valence-corrected chi connectivity index (χ2v) is 8.10. The van der Waals surface area contributed by atoms with Gasteiger partial charge in [-0.15, -0.1) is 0 Å². The maximum atomic E-state index is 12.2. The number of hydrazine groups is 1. The minimum absolute atomic E-state index is 0.0394. The Bertz CT molecular complexity index is 879. The van der Waals surface area contributed by atoms with E-state index in [0.717, 1.165) is 23.6 Å². The minimum atomic E-state index is -0.0516. The summed E-state index contributed by atoms with van der Waals surface area (Å²) in [6.45, 7) is 4.87. The van der Waals surface area contributed by atoms with Crippen LogP contribution in [0.2, 0.25) is 0 Å².